The van der Waals surface area contributed by atoms with Gasteiger partial charge in [0.05, 0.1) is 5.37 Å². The van der Waals surface area contributed by atoms with Crippen LogP contribution in [0, 0.1) is 0 Å². The summed E-state index contributed by atoms with van der Waals surface area (Å²) >= 11 is 1.08. The number of hydrogen-bond donors (Lipinski definition) is 2. The SMILES string of the molecule is NC1C=CNC(=O)S1. The second-order valence-corrected chi connectivity index (χ2v) is 2.52. The van der Waals surface area contributed by atoms with Crippen molar-refractivity contribution < 1.29 is 4.79 Å². The summed E-state index contributed by atoms with van der Waals surface area (Å²) in [4.78, 5) is 10.4. The topological polar surface area (TPSA) is 55.1 Å². The van der Waals surface area contributed by atoms with Gasteiger partial charge in [-0.3, -0.25) is 4.79 Å². The third-order valence-electron chi connectivity index (χ3n) is 0.730. The lowest BCUT2D eigenvalue weighted by Crippen LogP contribution is -2.25. The van der Waals surface area contributed by atoms with E-state index in [0.717, 1.165) is 11.8 Å². The van der Waals surface area contributed by atoms with Gasteiger partial charge in [-0.2, -0.15) is 0 Å². The summed E-state index contributed by atoms with van der Waals surface area (Å²) in [6.45, 7) is 0. The van der Waals surface area contributed by atoms with Gasteiger partial charge < -0.3 is 11.1 Å². The Morgan fingerprint density at radius 3 is 3.00 bits per heavy atom. The molecule has 4 heteroatoms. The van der Waals surface area contributed by atoms with E-state index in [9.17, 15) is 4.79 Å². The average molecular weight is 130 g/mol. The van der Waals surface area contributed by atoms with Crippen LogP contribution in [0.15, 0.2) is 12.3 Å². The molecule has 0 saturated carbocycles. The van der Waals surface area contributed by atoms with Crippen LogP contribution in [0.1, 0.15) is 0 Å². The molecule has 0 fully saturated rings. The summed E-state index contributed by atoms with van der Waals surface area (Å²) in [7, 11) is 0. The van der Waals surface area contributed by atoms with E-state index in [4.69, 9.17) is 5.73 Å². The summed E-state index contributed by atoms with van der Waals surface area (Å²) in [6.07, 6.45) is 3.29. The van der Waals surface area contributed by atoms with E-state index in [0.29, 0.717) is 0 Å². The predicted molar refractivity (Wildman–Crippen MR) is 33.2 cm³/mol. The molecule has 0 bridgehead atoms. The van der Waals surface area contributed by atoms with Gasteiger partial charge in [0.25, 0.3) is 5.24 Å². The fourth-order valence-electron chi connectivity index (χ4n) is 0.408. The normalized spacial score (nSPS) is 27.6. The quantitative estimate of drug-likeness (QED) is 0.494. The first kappa shape index (κ1) is 5.65. The van der Waals surface area contributed by atoms with Gasteiger partial charge in [-0.1, -0.05) is 0 Å². The third-order valence-corrected chi connectivity index (χ3v) is 1.49. The summed E-state index contributed by atoms with van der Waals surface area (Å²) in [5.41, 5.74) is 5.34. The van der Waals surface area contributed by atoms with Crippen molar-refractivity contribution in [2.75, 3.05) is 0 Å². The number of carbonyl (C=O) groups is 1. The van der Waals surface area contributed by atoms with E-state index < -0.39 is 0 Å². The van der Waals surface area contributed by atoms with Crippen LogP contribution in [-0.2, 0) is 0 Å². The number of rotatable bonds is 0. The van der Waals surface area contributed by atoms with E-state index in [2.05, 4.69) is 5.32 Å². The highest BCUT2D eigenvalue weighted by molar-refractivity contribution is 8.14. The zero-order chi connectivity index (χ0) is 5.98. The van der Waals surface area contributed by atoms with Gasteiger partial charge in [0.15, 0.2) is 0 Å². The second kappa shape index (κ2) is 2.19. The lowest BCUT2D eigenvalue weighted by atomic mass is 10.6. The molecule has 1 rings (SSSR count). The fraction of sp³-hybridized carbons (Fsp3) is 0.250. The Morgan fingerprint density at radius 2 is 2.62 bits per heavy atom. The molecule has 1 heterocycles. The van der Waals surface area contributed by atoms with Crippen molar-refractivity contribution >= 4 is 17.0 Å². The van der Waals surface area contributed by atoms with Crippen LogP contribution in [0.3, 0.4) is 0 Å². The Balaban J connectivity index is 2.54. The van der Waals surface area contributed by atoms with Crippen molar-refractivity contribution in [2.24, 2.45) is 5.73 Å². The molecule has 0 radical (unpaired) electrons. The van der Waals surface area contributed by atoms with Crippen molar-refractivity contribution in [1.82, 2.24) is 5.32 Å². The van der Waals surface area contributed by atoms with Crippen molar-refractivity contribution in [3.05, 3.63) is 12.3 Å². The highest BCUT2D eigenvalue weighted by atomic mass is 32.2. The summed E-state index contributed by atoms with van der Waals surface area (Å²) in [6, 6.07) is 0. The monoisotopic (exact) mass is 130 g/mol. The van der Waals surface area contributed by atoms with Gasteiger partial charge in [0, 0.05) is 6.20 Å². The first-order valence-electron chi connectivity index (χ1n) is 2.18. The molecule has 1 aliphatic rings. The number of amides is 1. The minimum Gasteiger partial charge on any atom is -0.324 e. The smallest absolute Gasteiger partial charge is 0.284 e. The summed E-state index contributed by atoms with van der Waals surface area (Å²) in [5, 5.41) is 2.23. The predicted octanol–water partition coefficient (Wildman–Crippen LogP) is 0.241. The van der Waals surface area contributed by atoms with E-state index in [1.807, 2.05) is 0 Å². The maximum Gasteiger partial charge on any atom is 0.284 e. The van der Waals surface area contributed by atoms with Gasteiger partial charge >= 0.3 is 0 Å². The van der Waals surface area contributed by atoms with Crippen LogP contribution in [0.5, 0.6) is 0 Å². The van der Waals surface area contributed by atoms with E-state index in [-0.39, 0.29) is 10.6 Å². The Bertz CT molecular complexity index is 134. The number of carbonyl (C=O) groups excluding carboxylic acids is 1. The average Bonchev–Trinajstić information content (AvgIpc) is 1.64. The molecule has 0 aromatic carbocycles. The first-order valence-corrected chi connectivity index (χ1v) is 3.06. The largest absolute Gasteiger partial charge is 0.324 e. The molecule has 3 nitrogen and oxygen atoms in total. The highest BCUT2D eigenvalue weighted by Crippen LogP contribution is 2.10. The number of nitrogens with one attached hydrogen (secondary N) is 1. The molecule has 1 amide bonds. The van der Waals surface area contributed by atoms with Gasteiger partial charge in [0.1, 0.15) is 0 Å². The Morgan fingerprint density at radius 1 is 1.88 bits per heavy atom. The van der Waals surface area contributed by atoms with Gasteiger partial charge in [-0.15, -0.1) is 0 Å². The van der Waals surface area contributed by atoms with E-state index in [1.54, 1.807) is 12.3 Å². The van der Waals surface area contributed by atoms with Gasteiger partial charge in [-0.05, 0) is 17.8 Å². The van der Waals surface area contributed by atoms with Gasteiger partial charge in [-0.25, -0.2) is 0 Å². The number of hydrogen-bond acceptors (Lipinski definition) is 3. The molecule has 0 spiro atoms. The standard InChI is InChI=1S/C4H6N2OS/c5-3-1-2-6-4(7)8-3/h1-3H,5H2,(H,6,7). The molecule has 1 aliphatic heterocycles. The van der Waals surface area contributed by atoms with Crippen molar-refractivity contribution in [1.29, 1.82) is 0 Å². The van der Waals surface area contributed by atoms with Crippen molar-refractivity contribution in [3.8, 4) is 0 Å². The van der Waals surface area contributed by atoms with Crippen LogP contribution in [0.25, 0.3) is 0 Å². The molecule has 8 heavy (non-hydrogen) atoms. The van der Waals surface area contributed by atoms with E-state index in [1.165, 1.54) is 0 Å². The third kappa shape index (κ3) is 1.24. The lowest BCUT2D eigenvalue weighted by Gasteiger charge is -2.08. The maximum atomic E-state index is 10.4. The Labute approximate surface area is 51.3 Å². The van der Waals surface area contributed by atoms with Crippen molar-refractivity contribution in [2.45, 2.75) is 5.37 Å². The van der Waals surface area contributed by atoms with Crippen LogP contribution >= 0.6 is 11.8 Å². The van der Waals surface area contributed by atoms with E-state index >= 15 is 0 Å². The first-order chi connectivity index (χ1) is 3.79. The molecule has 1 unspecified atom stereocenters. The molecule has 3 N–H and O–H groups in total. The van der Waals surface area contributed by atoms with Crippen LogP contribution in [-0.4, -0.2) is 10.6 Å². The molecule has 0 aromatic heterocycles. The number of nitrogens with two attached hydrogens (primary N) is 1. The minimum absolute atomic E-state index is 0.0833. The zero-order valence-corrected chi connectivity index (χ0v) is 4.94. The molecule has 44 valence electrons. The van der Waals surface area contributed by atoms with Gasteiger partial charge in [0.2, 0.25) is 0 Å². The van der Waals surface area contributed by atoms with Crippen LogP contribution in [0.4, 0.5) is 4.79 Å². The van der Waals surface area contributed by atoms with Crippen LogP contribution < -0.4 is 11.1 Å². The maximum absolute atomic E-state index is 10.4. The van der Waals surface area contributed by atoms with Crippen molar-refractivity contribution in [3.63, 3.8) is 0 Å². The molecular weight excluding hydrogens is 124 g/mol. The lowest BCUT2D eigenvalue weighted by molar-refractivity contribution is 0.263. The Kier molecular flexibility index (Phi) is 1.55. The molecule has 0 saturated heterocycles. The molecule has 0 aliphatic carbocycles. The summed E-state index contributed by atoms with van der Waals surface area (Å²) in [5.74, 6) is 0. The number of thioether (sulfide) groups is 1. The molecule has 0 aromatic rings. The Hall–Kier alpha value is -0.480. The second-order valence-electron chi connectivity index (χ2n) is 1.37. The molecular formula is C4H6N2OS. The molecule has 1 atom stereocenters. The fourth-order valence-corrected chi connectivity index (χ4v) is 0.948. The highest BCUT2D eigenvalue weighted by Gasteiger charge is 2.08. The summed E-state index contributed by atoms with van der Waals surface area (Å²) < 4.78 is 0. The zero-order valence-electron chi connectivity index (χ0n) is 4.13. The van der Waals surface area contributed by atoms with Crippen LogP contribution in [0.2, 0.25) is 0 Å². The minimum atomic E-state index is -0.163.